The molecule has 1 unspecified atom stereocenters. The van der Waals surface area contributed by atoms with Crippen LogP contribution in [0.3, 0.4) is 0 Å². The number of nitrogens with one attached hydrogen (secondary N) is 1. The second-order valence-corrected chi connectivity index (χ2v) is 4.03. The summed E-state index contributed by atoms with van der Waals surface area (Å²) in [6, 6.07) is 13.9. The van der Waals surface area contributed by atoms with Gasteiger partial charge in [0.25, 0.3) is 0 Å². The van der Waals surface area contributed by atoms with Gasteiger partial charge in [-0.2, -0.15) is 0 Å². The number of rotatable bonds is 2. The van der Waals surface area contributed by atoms with Crippen LogP contribution in [-0.2, 0) is 0 Å². The van der Waals surface area contributed by atoms with Crippen molar-refractivity contribution in [2.45, 2.75) is 6.04 Å². The Morgan fingerprint density at radius 2 is 1.88 bits per heavy atom. The Morgan fingerprint density at radius 3 is 2.71 bits per heavy atom. The third-order valence-electron chi connectivity index (χ3n) is 2.98. The molecular formula is C14H13N3. The number of nitrogens with two attached hydrogens (primary N) is 1. The predicted molar refractivity (Wildman–Crippen MR) is 68.6 cm³/mol. The Morgan fingerprint density at radius 1 is 1.06 bits per heavy atom. The minimum Gasteiger partial charge on any atom is -0.346 e. The lowest BCUT2D eigenvalue weighted by molar-refractivity contribution is 0.880. The van der Waals surface area contributed by atoms with Gasteiger partial charge in [-0.25, -0.2) is 4.98 Å². The maximum Gasteiger partial charge on any atom is 0.137 e. The summed E-state index contributed by atoms with van der Waals surface area (Å²) in [5, 5.41) is 1.09. The molecular weight excluding hydrogens is 210 g/mol. The number of hydrogen-bond donors (Lipinski definition) is 2. The number of hydrogen-bond acceptors (Lipinski definition) is 2. The minimum absolute atomic E-state index is 0.117. The van der Waals surface area contributed by atoms with E-state index in [1.165, 1.54) is 0 Å². The van der Waals surface area contributed by atoms with E-state index in [0.29, 0.717) is 0 Å². The molecule has 2 heterocycles. The van der Waals surface area contributed by atoms with Crippen molar-refractivity contribution >= 4 is 11.0 Å². The van der Waals surface area contributed by atoms with Crippen molar-refractivity contribution in [3.05, 3.63) is 66.0 Å². The molecule has 0 fully saturated rings. The summed E-state index contributed by atoms with van der Waals surface area (Å²) in [6.07, 6.45) is 3.71. The lowest BCUT2D eigenvalue weighted by atomic mass is 10.00. The molecule has 84 valence electrons. The van der Waals surface area contributed by atoms with Crippen LogP contribution in [0.25, 0.3) is 11.0 Å². The first kappa shape index (κ1) is 10.1. The zero-order valence-corrected chi connectivity index (χ0v) is 9.30. The monoisotopic (exact) mass is 223 g/mol. The molecule has 3 heteroatoms. The highest BCUT2D eigenvalue weighted by Crippen LogP contribution is 2.25. The molecule has 1 aromatic carbocycles. The highest BCUT2D eigenvalue weighted by atomic mass is 14.8. The standard InChI is InChI=1S/C14H13N3/c15-13(10-5-2-1-3-6-10)12-9-17-14-11(12)7-4-8-16-14/h1-9,13H,15H2,(H,16,17). The molecule has 3 nitrogen and oxygen atoms in total. The first-order valence-electron chi connectivity index (χ1n) is 5.59. The Balaban J connectivity index is 2.10. The van der Waals surface area contributed by atoms with Crippen molar-refractivity contribution in [1.29, 1.82) is 0 Å². The summed E-state index contributed by atoms with van der Waals surface area (Å²) >= 11 is 0. The number of pyridine rings is 1. The molecule has 0 aliphatic rings. The molecule has 3 N–H and O–H groups in total. The molecule has 0 aliphatic heterocycles. The van der Waals surface area contributed by atoms with Crippen molar-refractivity contribution in [1.82, 2.24) is 9.97 Å². The first-order valence-corrected chi connectivity index (χ1v) is 5.59. The molecule has 0 amide bonds. The quantitative estimate of drug-likeness (QED) is 0.701. The highest BCUT2D eigenvalue weighted by molar-refractivity contribution is 5.80. The molecule has 0 spiro atoms. The average Bonchev–Trinajstić information content (AvgIpc) is 2.83. The molecule has 3 aromatic rings. The lowest BCUT2D eigenvalue weighted by Crippen LogP contribution is -2.10. The number of nitrogens with zero attached hydrogens (tertiary/aromatic N) is 1. The fraction of sp³-hybridized carbons (Fsp3) is 0.0714. The van der Waals surface area contributed by atoms with E-state index < -0.39 is 0 Å². The van der Waals surface area contributed by atoms with Crippen molar-refractivity contribution in [3.63, 3.8) is 0 Å². The molecule has 0 aliphatic carbocycles. The number of H-pyrrole nitrogens is 1. The van der Waals surface area contributed by atoms with Gasteiger partial charge in [0.2, 0.25) is 0 Å². The summed E-state index contributed by atoms with van der Waals surface area (Å²) in [6.45, 7) is 0. The Bertz CT molecular complexity index is 628. The van der Waals surface area contributed by atoms with Gasteiger partial charge in [0.15, 0.2) is 0 Å². The van der Waals surface area contributed by atoms with E-state index in [9.17, 15) is 0 Å². The van der Waals surface area contributed by atoms with Crippen LogP contribution < -0.4 is 5.73 Å². The van der Waals surface area contributed by atoms with Crippen molar-refractivity contribution < 1.29 is 0 Å². The van der Waals surface area contributed by atoms with Gasteiger partial charge in [0, 0.05) is 23.3 Å². The summed E-state index contributed by atoms with van der Waals surface area (Å²) < 4.78 is 0. The van der Waals surface area contributed by atoms with Crippen LogP contribution in [0.4, 0.5) is 0 Å². The summed E-state index contributed by atoms with van der Waals surface area (Å²) in [5.74, 6) is 0. The van der Waals surface area contributed by atoms with E-state index in [1.807, 2.05) is 48.7 Å². The largest absolute Gasteiger partial charge is 0.346 e. The van der Waals surface area contributed by atoms with Gasteiger partial charge in [-0.3, -0.25) is 0 Å². The second kappa shape index (κ2) is 4.03. The van der Waals surface area contributed by atoms with Gasteiger partial charge in [-0.15, -0.1) is 0 Å². The number of aromatic nitrogens is 2. The SMILES string of the molecule is NC(c1ccccc1)c1c[nH]c2ncccc12. The fourth-order valence-corrected chi connectivity index (χ4v) is 2.07. The normalized spacial score (nSPS) is 12.8. The number of fused-ring (bicyclic) bond motifs is 1. The van der Waals surface area contributed by atoms with Crippen LogP contribution in [0.15, 0.2) is 54.9 Å². The van der Waals surface area contributed by atoms with Gasteiger partial charge in [-0.05, 0) is 17.7 Å². The third kappa shape index (κ3) is 1.70. The van der Waals surface area contributed by atoms with Gasteiger partial charge in [-0.1, -0.05) is 30.3 Å². The summed E-state index contributed by atoms with van der Waals surface area (Å²) in [4.78, 5) is 7.41. The molecule has 3 rings (SSSR count). The highest BCUT2D eigenvalue weighted by Gasteiger charge is 2.13. The van der Waals surface area contributed by atoms with Crippen LogP contribution in [0, 0.1) is 0 Å². The summed E-state index contributed by atoms with van der Waals surface area (Å²) in [5.41, 5.74) is 9.35. The van der Waals surface area contributed by atoms with Crippen molar-refractivity contribution in [2.75, 3.05) is 0 Å². The first-order chi connectivity index (χ1) is 8.36. The predicted octanol–water partition coefficient (Wildman–Crippen LogP) is 2.61. The number of benzene rings is 1. The molecule has 0 saturated heterocycles. The Kier molecular flexibility index (Phi) is 2.38. The number of aromatic amines is 1. The van der Waals surface area contributed by atoms with E-state index in [1.54, 1.807) is 6.20 Å². The van der Waals surface area contributed by atoms with E-state index in [0.717, 1.165) is 22.2 Å². The van der Waals surface area contributed by atoms with Crippen LogP contribution in [-0.4, -0.2) is 9.97 Å². The van der Waals surface area contributed by atoms with E-state index in [-0.39, 0.29) is 6.04 Å². The summed E-state index contributed by atoms with van der Waals surface area (Å²) in [7, 11) is 0. The van der Waals surface area contributed by atoms with Crippen LogP contribution in [0.2, 0.25) is 0 Å². The second-order valence-electron chi connectivity index (χ2n) is 4.03. The third-order valence-corrected chi connectivity index (χ3v) is 2.98. The van der Waals surface area contributed by atoms with E-state index in [2.05, 4.69) is 9.97 Å². The van der Waals surface area contributed by atoms with Gasteiger partial charge < -0.3 is 10.7 Å². The average molecular weight is 223 g/mol. The maximum absolute atomic E-state index is 6.28. The zero-order chi connectivity index (χ0) is 11.7. The van der Waals surface area contributed by atoms with Crippen LogP contribution in [0.1, 0.15) is 17.2 Å². The van der Waals surface area contributed by atoms with Gasteiger partial charge in [0.05, 0.1) is 6.04 Å². The molecule has 0 saturated carbocycles. The van der Waals surface area contributed by atoms with Crippen molar-refractivity contribution in [2.24, 2.45) is 5.73 Å². The van der Waals surface area contributed by atoms with Crippen LogP contribution >= 0.6 is 0 Å². The molecule has 1 atom stereocenters. The van der Waals surface area contributed by atoms with Gasteiger partial charge in [0.1, 0.15) is 5.65 Å². The molecule has 0 radical (unpaired) electrons. The molecule has 0 bridgehead atoms. The Labute approximate surface area is 99.3 Å². The smallest absolute Gasteiger partial charge is 0.137 e. The van der Waals surface area contributed by atoms with Crippen molar-refractivity contribution in [3.8, 4) is 0 Å². The zero-order valence-electron chi connectivity index (χ0n) is 9.30. The minimum atomic E-state index is -0.117. The molecule has 17 heavy (non-hydrogen) atoms. The maximum atomic E-state index is 6.28. The topological polar surface area (TPSA) is 54.7 Å². The fourth-order valence-electron chi connectivity index (χ4n) is 2.07. The van der Waals surface area contributed by atoms with Gasteiger partial charge >= 0.3 is 0 Å². The molecule has 2 aromatic heterocycles. The Hall–Kier alpha value is -2.13. The van der Waals surface area contributed by atoms with E-state index >= 15 is 0 Å². The van der Waals surface area contributed by atoms with Crippen LogP contribution in [0.5, 0.6) is 0 Å². The lowest BCUT2D eigenvalue weighted by Gasteiger charge is -2.10. The van der Waals surface area contributed by atoms with E-state index in [4.69, 9.17) is 5.73 Å².